The largest absolute Gasteiger partial charge is 0.293 e. The van der Waals surface area contributed by atoms with E-state index in [-0.39, 0.29) is 5.78 Å². The molecule has 2 nitrogen and oxygen atoms in total. The second-order valence-electron chi connectivity index (χ2n) is 3.18. The Kier molecular flexibility index (Phi) is 3.27. The molecule has 0 heterocycles. The van der Waals surface area contributed by atoms with Crippen molar-refractivity contribution in [3.05, 3.63) is 34.3 Å². The number of rotatable bonds is 2. The van der Waals surface area contributed by atoms with Gasteiger partial charge in [-0.05, 0) is 25.5 Å². The van der Waals surface area contributed by atoms with Crippen LogP contribution in [0.15, 0.2) is 18.2 Å². The SMILES string of the molecule is Cc1ccc(C(=O)C(C)C#N)cc1Cl. The van der Waals surface area contributed by atoms with Gasteiger partial charge in [-0.25, -0.2) is 0 Å². The molecular weight excluding hydrogens is 198 g/mol. The summed E-state index contributed by atoms with van der Waals surface area (Å²) in [4.78, 5) is 11.6. The van der Waals surface area contributed by atoms with Crippen LogP contribution < -0.4 is 0 Å². The number of carbonyl (C=O) groups excluding carboxylic acids is 1. The van der Waals surface area contributed by atoms with Crippen LogP contribution in [0.5, 0.6) is 0 Å². The van der Waals surface area contributed by atoms with Crippen LogP contribution in [0.1, 0.15) is 22.8 Å². The predicted molar refractivity (Wildman–Crippen MR) is 55.3 cm³/mol. The van der Waals surface area contributed by atoms with Crippen LogP contribution in [-0.2, 0) is 0 Å². The zero-order chi connectivity index (χ0) is 10.7. The molecule has 1 rings (SSSR count). The maximum Gasteiger partial charge on any atom is 0.179 e. The molecule has 3 heteroatoms. The van der Waals surface area contributed by atoms with E-state index in [9.17, 15) is 4.79 Å². The van der Waals surface area contributed by atoms with Gasteiger partial charge in [-0.3, -0.25) is 4.79 Å². The highest BCUT2D eigenvalue weighted by molar-refractivity contribution is 6.31. The number of nitrogens with zero attached hydrogens (tertiary/aromatic N) is 1. The predicted octanol–water partition coefficient (Wildman–Crippen LogP) is 2.99. The van der Waals surface area contributed by atoms with Gasteiger partial charge < -0.3 is 0 Å². The van der Waals surface area contributed by atoms with Crippen molar-refractivity contribution in [3.8, 4) is 6.07 Å². The van der Waals surface area contributed by atoms with Gasteiger partial charge in [0.05, 0.1) is 6.07 Å². The Hall–Kier alpha value is -1.33. The van der Waals surface area contributed by atoms with Crippen molar-refractivity contribution < 1.29 is 4.79 Å². The molecule has 0 N–H and O–H groups in total. The second-order valence-corrected chi connectivity index (χ2v) is 3.59. The van der Waals surface area contributed by atoms with Crippen LogP contribution >= 0.6 is 11.6 Å². The highest BCUT2D eigenvalue weighted by Gasteiger charge is 2.14. The summed E-state index contributed by atoms with van der Waals surface area (Å²) in [6, 6.07) is 6.98. The van der Waals surface area contributed by atoms with Gasteiger partial charge in [-0.1, -0.05) is 23.7 Å². The van der Waals surface area contributed by atoms with Crippen molar-refractivity contribution >= 4 is 17.4 Å². The third kappa shape index (κ3) is 2.12. The van der Waals surface area contributed by atoms with Crippen LogP contribution in [0, 0.1) is 24.2 Å². The number of halogens is 1. The van der Waals surface area contributed by atoms with Crippen LogP contribution in [-0.4, -0.2) is 5.78 Å². The molecule has 1 aromatic rings. The first-order valence-corrected chi connectivity index (χ1v) is 4.64. The van der Waals surface area contributed by atoms with Crippen molar-refractivity contribution in [1.82, 2.24) is 0 Å². The molecule has 1 unspecified atom stereocenters. The third-order valence-corrected chi connectivity index (χ3v) is 2.45. The fourth-order valence-corrected chi connectivity index (χ4v) is 1.24. The molecule has 1 aromatic carbocycles. The van der Waals surface area contributed by atoms with Gasteiger partial charge in [0.15, 0.2) is 5.78 Å². The average Bonchev–Trinajstić information content (AvgIpc) is 2.20. The Balaban J connectivity index is 3.04. The topological polar surface area (TPSA) is 40.9 Å². The van der Waals surface area contributed by atoms with Gasteiger partial charge in [0.1, 0.15) is 5.92 Å². The quantitative estimate of drug-likeness (QED) is 0.700. The zero-order valence-electron chi connectivity index (χ0n) is 8.04. The van der Waals surface area contributed by atoms with E-state index in [1.165, 1.54) is 0 Å². The van der Waals surface area contributed by atoms with Crippen molar-refractivity contribution in [2.45, 2.75) is 13.8 Å². The van der Waals surface area contributed by atoms with Crippen molar-refractivity contribution in [2.75, 3.05) is 0 Å². The molecule has 0 aromatic heterocycles. The lowest BCUT2D eigenvalue weighted by atomic mass is 10.00. The normalized spacial score (nSPS) is 11.9. The molecule has 1 atom stereocenters. The molecule has 0 aliphatic heterocycles. The van der Waals surface area contributed by atoms with E-state index in [0.717, 1.165) is 5.56 Å². The third-order valence-electron chi connectivity index (χ3n) is 2.04. The lowest BCUT2D eigenvalue weighted by Gasteiger charge is -2.04. The molecule has 72 valence electrons. The molecular formula is C11H10ClNO. The maximum atomic E-state index is 11.6. The summed E-state index contributed by atoms with van der Waals surface area (Å²) in [6.07, 6.45) is 0. The molecule has 0 radical (unpaired) electrons. The number of aryl methyl sites for hydroxylation is 1. The zero-order valence-corrected chi connectivity index (χ0v) is 8.80. The number of nitriles is 1. The summed E-state index contributed by atoms with van der Waals surface area (Å²) >= 11 is 5.87. The van der Waals surface area contributed by atoms with E-state index in [4.69, 9.17) is 16.9 Å². The number of hydrogen-bond acceptors (Lipinski definition) is 2. The number of hydrogen-bond donors (Lipinski definition) is 0. The summed E-state index contributed by atoms with van der Waals surface area (Å²) in [6.45, 7) is 3.44. The molecule has 0 saturated carbocycles. The average molecular weight is 208 g/mol. The highest BCUT2D eigenvalue weighted by Crippen LogP contribution is 2.18. The van der Waals surface area contributed by atoms with Gasteiger partial charge in [-0.2, -0.15) is 5.26 Å². The Morgan fingerprint density at radius 3 is 2.71 bits per heavy atom. The monoisotopic (exact) mass is 207 g/mol. The number of benzene rings is 1. The molecule has 0 bridgehead atoms. The number of ketones is 1. The van der Waals surface area contributed by atoms with E-state index < -0.39 is 5.92 Å². The van der Waals surface area contributed by atoms with Gasteiger partial charge in [0.2, 0.25) is 0 Å². The molecule has 14 heavy (non-hydrogen) atoms. The lowest BCUT2D eigenvalue weighted by molar-refractivity contribution is 0.0956. The maximum absolute atomic E-state index is 11.6. The Bertz CT molecular complexity index is 406. The van der Waals surface area contributed by atoms with E-state index in [1.54, 1.807) is 25.1 Å². The van der Waals surface area contributed by atoms with E-state index in [2.05, 4.69) is 0 Å². The van der Waals surface area contributed by atoms with Crippen molar-refractivity contribution in [3.63, 3.8) is 0 Å². The smallest absolute Gasteiger partial charge is 0.179 e. The van der Waals surface area contributed by atoms with Crippen LogP contribution in [0.2, 0.25) is 5.02 Å². The van der Waals surface area contributed by atoms with Crippen LogP contribution in [0.3, 0.4) is 0 Å². The first-order chi connectivity index (χ1) is 6.56. The molecule has 0 saturated heterocycles. The number of Topliss-reactive ketones (excluding diaryl/α,β-unsaturated/α-hetero) is 1. The fraction of sp³-hybridized carbons (Fsp3) is 0.273. The Labute approximate surface area is 88.1 Å². The molecule has 0 aliphatic carbocycles. The van der Waals surface area contributed by atoms with Crippen LogP contribution in [0.4, 0.5) is 0 Å². The van der Waals surface area contributed by atoms with Crippen molar-refractivity contribution in [1.29, 1.82) is 5.26 Å². The first kappa shape index (κ1) is 10.7. The molecule has 0 fully saturated rings. The first-order valence-electron chi connectivity index (χ1n) is 4.26. The highest BCUT2D eigenvalue weighted by atomic mass is 35.5. The Morgan fingerprint density at radius 1 is 1.57 bits per heavy atom. The summed E-state index contributed by atoms with van der Waals surface area (Å²) < 4.78 is 0. The molecule has 0 spiro atoms. The Morgan fingerprint density at radius 2 is 2.21 bits per heavy atom. The number of carbonyl (C=O) groups is 1. The van der Waals surface area contributed by atoms with Crippen LogP contribution in [0.25, 0.3) is 0 Å². The van der Waals surface area contributed by atoms with E-state index in [0.29, 0.717) is 10.6 Å². The van der Waals surface area contributed by atoms with E-state index in [1.807, 2.05) is 13.0 Å². The lowest BCUT2D eigenvalue weighted by Crippen LogP contribution is -2.08. The summed E-state index contributed by atoms with van der Waals surface area (Å²) in [5.41, 5.74) is 1.42. The minimum atomic E-state index is -0.617. The summed E-state index contributed by atoms with van der Waals surface area (Å²) in [5, 5.41) is 9.14. The standard InChI is InChI=1S/C11H10ClNO/c1-7-3-4-9(5-10(7)12)11(14)8(2)6-13/h3-5,8H,1-2H3. The summed E-state index contributed by atoms with van der Waals surface area (Å²) in [5.74, 6) is -0.803. The minimum Gasteiger partial charge on any atom is -0.293 e. The second kappa shape index (κ2) is 4.26. The van der Waals surface area contributed by atoms with Gasteiger partial charge in [0.25, 0.3) is 0 Å². The van der Waals surface area contributed by atoms with Crippen molar-refractivity contribution in [2.24, 2.45) is 5.92 Å². The van der Waals surface area contributed by atoms with Gasteiger partial charge in [-0.15, -0.1) is 0 Å². The van der Waals surface area contributed by atoms with E-state index >= 15 is 0 Å². The van der Waals surface area contributed by atoms with Gasteiger partial charge in [0, 0.05) is 10.6 Å². The molecule has 0 amide bonds. The minimum absolute atomic E-state index is 0.186. The van der Waals surface area contributed by atoms with Gasteiger partial charge >= 0.3 is 0 Å². The fourth-order valence-electron chi connectivity index (χ4n) is 1.05. The molecule has 0 aliphatic rings. The summed E-state index contributed by atoms with van der Waals surface area (Å²) in [7, 11) is 0.